The van der Waals surface area contributed by atoms with Gasteiger partial charge in [0.05, 0.1) is 12.7 Å². The van der Waals surface area contributed by atoms with Crippen molar-refractivity contribution >= 4 is 29.9 Å². The minimum Gasteiger partial charge on any atom is -0.375 e. The van der Waals surface area contributed by atoms with Gasteiger partial charge in [0.25, 0.3) is 0 Å². The molecule has 0 amide bonds. The molecule has 6 heteroatoms. The van der Waals surface area contributed by atoms with Crippen LogP contribution < -0.4 is 5.32 Å². The third-order valence-electron chi connectivity index (χ3n) is 4.84. The van der Waals surface area contributed by atoms with Crippen molar-refractivity contribution in [3.8, 4) is 0 Å². The SMILES string of the molecule is CCNC(=NCCCC1CC1)N1CCOC(C2CCCO2)C1.I. The molecule has 2 unspecified atom stereocenters. The van der Waals surface area contributed by atoms with Crippen molar-refractivity contribution in [2.75, 3.05) is 39.4 Å². The summed E-state index contributed by atoms with van der Waals surface area (Å²) in [6.45, 7) is 7.50. The summed E-state index contributed by atoms with van der Waals surface area (Å²) in [4.78, 5) is 7.19. The molecule has 1 N–H and O–H groups in total. The summed E-state index contributed by atoms with van der Waals surface area (Å²) in [7, 11) is 0. The van der Waals surface area contributed by atoms with Crippen LogP contribution in [-0.4, -0.2) is 62.5 Å². The zero-order valence-corrected chi connectivity index (χ0v) is 16.7. The van der Waals surface area contributed by atoms with Crippen LogP contribution in [-0.2, 0) is 9.47 Å². The van der Waals surface area contributed by atoms with Crippen LogP contribution in [0.2, 0.25) is 0 Å². The maximum absolute atomic E-state index is 5.94. The summed E-state index contributed by atoms with van der Waals surface area (Å²) < 4.78 is 11.7. The molecule has 0 aromatic carbocycles. The second kappa shape index (κ2) is 10.0. The Bertz CT molecular complexity index is 371. The van der Waals surface area contributed by atoms with Gasteiger partial charge in [0.1, 0.15) is 6.10 Å². The Hall–Kier alpha value is -0.0800. The molecule has 0 radical (unpaired) electrons. The maximum atomic E-state index is 5.94. The molecule has 2 atom stereocenters. The van der Waals surface area contributed by atoms with Crippen molar-refractivity contribution in [3.05, 3.63) is 0 Å². The number of ether oxygens (including phenoxy) is 2. The fourth-order valence-electron chi connectivity index (χ4n) is 3.39. The van der Waals surface area contributed by atoms with E-state index in [4.69, 9.17) is 14.5 Å². The lowest BCUT2D eigenvalue weighted by Crippen LogP contribution is -2.53. The van der Waals surface area contributed by atoms with Crippen LogP contribution in [0.4, 0.5) is 0 Å². The highest BCUT2D eigenvalue weighted by molar-refractivity contribution is 14.0. The van der Waals surface area contributed by atoms with E-state index in [9.17, 15) is 0 Å². The normalized spacial score (nSPS) is 28.6. The summed E-state index contributed by atoms with van der Waals surface area (Å²) in [5, 5.41) is 3.45. The Morgan fingerprint density at radius 3 is 2.70 bits per heavy atom. The lowest BCUT2D eigenvalue weighted by Gasteiger charge is -2.37. The van der Waals surface area contributed by atoms with Gasteiger partial charge in [0.15, 0.2) is 5.96 Å². The van der Waals surface area contributed by atoms with E-state index in [0.29, 0.717) is 0 Å². The lowest BCUT2D eigenvalue weighted by molar-refractivity contribution is -0.0817. The van der Waals surface area contributed by atoms with Crippen molar-refractivity contribution < 1.29 is 9.47 Å². The van der Waals surface area contributed by atoms with Gasteiger partial charge in [0, 0.05) is 32.8 Å². The third-order valence-corrected chi connectivity index (χ3v) is 4.84. The van der Waals surface area contributed by atoms with E-state index in [2.05, 4.69) is 17.1 Å². The predicted octanol–water partition coefficient (Wildman–Crippen LogP) is 2.64. The van der Waals surface area contributed by atoms with E-state index in [-0.39, 0.29) is 36.2 Å². The molecule has 23 heavy (non-hydrogen) atoms. The summed E-state index contributed by atoms with van der Waals surface area (Å²) in [6.07, 6.45) is 8.23. The molecule has 5 nitrogen and oxygen atoms in total. The average molecular weight is 437 g/mol. The molecule has 0 aromatic rings. The lowest BCUT2D eigenvalue weighted by atomic mass is 10.1. The second-order valence-electron chi connectivity index (χ2n) is 6.73. The molecule has 1 saturated carbocycles. The largest absolute Gasteiger partial charge is 0.375 e. The van der Waals surface area contributed by atoms with Crippen LogP contribution >= 0.6 is 24.0 Å². The van der Waals surface area contributed by atoms with E-state index in [1.54, 1.807) is 0 Å². The summed E-state index contributed by atoms with van der Waals surface area (Å²) in [5.41, 5.74) is 0. The van der Waals surface area contributed by atoms with Gasteiger partial charge >= 0.3 is 0 Å². The number of nitrogens with zero attached hydrogens (tertiary/aromatic N) is 2. The van der Waals surface area contributed by atoms with Gasteiger partial charge < -0.3 is 19.7 Å². The molecule has 2 saturated heterocycles. The standard InChI is InChI=1S/C17H31N3O2.HI/c1-2-18-17(19-9-3-5-14-7-8-14)20-10-12-22-16(13-20)15-6-4-11-21-15;/h14-16H,2-13H2,1H3,(H,18,19);1H. The first-order valence-electron chi connectivity index (χ1n) is 9.13. The predicted molar refractivity (Wildman–Crippen MR) is 104 cm³/mol. The number of rotatable bonds is 6. The quantitative estimate of drug-likeness (QED) is 0.301. The van der Waals surface area contributed by atoms with Gasteiger partial charge in [-0.3, -0.25) is 4.99 Å². The maximum Gasteiger partial charge on any atom is 0.194 e. The number of aliphatic imine (C=N–C) groups is 1. The molecular formula is C17H32IN3O2. The van der Waals surface area contributed by atoms with Gasteiger partial charge in [-0.1, -0.05) is 12.8 Å². The highest BCUT2D eigenvalue weighted by Gasteiger charge is 2.32. The van der Waals surface area contributed by atoms with E-state index in [1.165, 1.54) is 32.1 Å². The van der Waals surface area contributed by atoms with Gasteiger partial charge in [-0.15, -0.1) is 24.0 Å². The van der Waals surface area contributed by atoms with Crippen molar-refractivity contribution in [2.24, 2.45) is 10.9 Å². The Kier molecular flexibility index (Phi) is 8.40. The van der Waals surface area contributed by atoms with Gasteiger partial charge in [0.2, 0.25) is 0 Å². The monoisotopic (exact) mass is 437 g/mol. The van der Waals surface area contributed by atoms with Gasteiger partial charge in [-0.05, 0) is 38.5 Å². The number of morpholine rings is 1. The molecular weight excluding hydrogens is 405 g/mol. The minimum atomic E-state index is 0. The summed E-state index contributed by atoms with van der Waals surface area (Å²) >= 11 is 0. The Morgan fingerprint density at radius 1 is 1.17 bits per heavy atom. The van der Waals surface area contributed by atoms with Gasteiger partial charge in [-0.2, -0.15) is 0 Å². The van der Waals surface area contributed by atoms with E-state index < -0.39 is 0 Å². The number of hydrogen-bond acceptors (Lipinski definition) is 3. The van der Waals surface area contributed by atoms with E-state index in [0.717, 1.165) is 57.7 Å². The van der Waals surface area contributed by atoms with Crippen molar-refractivity contribution in [2.45, 2.75) is 57.7 Å². The molecule has 3 rings (SSSR count). The Balaban J connectivity index is 0.00000192. The number of halogens is 1. The number of guanidine groups is 1. The molecule has 0 spiro atoms. The van der Waals surface area contributed by atoms with Crippen LogP contribution in [0.15, 0.2) is 4.99 Å². The van der Waals surface area contributed by atoms with Crippen LogP contribution in [0.5, 0.6) is 0 Å². The molecule has 2 aliphatic heterocycles. The molecule has 0 bridgehead atoms. The first-order chi connectivity index (χ1) is 10.9. The van der Waals surface area contributed by atoms with E-state index >= 15 is 0 Å². The Morgan fingerprint density at radius 2 is 2.00 bits per heavy atom. The highest BCUT2D eigenvalue weighted by Crippen LogP contribution is 2.33. The molecule has 3 fully saturated rings. The minimum absolute atomic E-state index is 0. The Labute approximate surface area is 157 Å². The first kappa shape index (κ1) is 19.2. The fourth-order valence-corrected chi connectivity index (χ4v) is 3.39. The van der Waals surface area contributed by atoms with Crippen LogP contribution in [0, 0.1) is 5.92 Å². The third kappa shape index (κ3) is 6.05. The van der Waals surface area contributed by atoms with Gasteiger partial charge in [-0.25, -0.2) is 0 Å². The summed E-state index contributed by atoms with van der Waals surface area (Å²) in [6, 6.07) is 0. The molecule has 134 valence electrons. The molecule has 2 heterocycles. The second-order valence-corrected chi connectivity index (χ2v) is 6.73. The number of hydrogen-bond donors (Lipinski definition) is 1. The first-order valence-corrected chi connectivity index (χ1v) is 9.13. The molecule has 0 aromatic heterocycles. The summed E-state index contributed by atoms with van der Waals surface area (Å²) in [5.74, 6) is 2.06. The highest BCUT2D eigenvalue weighted by atomic mass is 127. The van der Waals surface area contributed by atoms with Crippen molar-refractivity contribution in [1.82, 2.24) is 10.2 Å². The van der Waals surface area contributed by atoms with Crippen LogP contribution in [0.3, 0.4) is 0 Å². The number of nitrogens with one attached hydrogen (secondary N) is 1. The van der Waals surface area contributed by atoms with Crippen molar-refractivity contribution in [3.63, 3.8) is 0 Å². The zero-order chi connectivity index (χ0) is 15.2. The van der Waals surface area contributed by atoms with Crippen LogP contribution in [0.25, 0.3) is 0 Å². The molecule has 1 aliphatic carbocycles. The van der Waals surface area contributed by atoms with Crippen molar-refractivity contribution in [1.29, 1.82) is 0 Å². The average Bonchev–Trinajstić information content (AvgIpc) is 3.21. The topological polar surface area (TPSA) is 46.1 Å². The fraction of sp³-hybridized carbons (Fsp3) is 0.941. The van der Waals surface area contributed by atoms with Crippen LogP contribution in [0.1, 0.15) is 45.4 Å². The van der Waals surface area contributed by atoms with E-state index in [1.807, 2.05) is 0 Å². The zero-order valence-electron chi connectivity index (χ0n) is 14.3. The smallest absolute Gasteiger partial charge is 0.194 e. The molecule has 3 aliphatic rings.